The highest BCUT2D eigenvalue weighted by Gasteiger charge is 2.31. The summed E-state index contributed by atoms with van der Waals surface area (Å²) < 4.78 is 2.60. The van der Waals surface area contributed by atoms with Crippen LogP contribution < -0.4 is 4.90 Å². The fraction of sp³-hybridized carbons (Fsp3) is 0. The van der Waals surface area contributed by atoms with Gasteiger partial charge in [-0.05, 0) is 109 Å². The van der Waals surface area contributed by atoms with E-state index in [-0.39, 0.29) is 0 Å². The lowest BCUT2D eigenvalue weighted by molar-refractivity contribution is 1.30. The molecule has 50 heavy (non-hydrogen) atoms. The maximum absolute atomic E-state index is 2.47. The maximum atomic E-state index is 2.47. The van der Waals surface area contributed by atoms with E-state index in [0.29, 0.717) is 0 Å². The fourth-order valence-electron chi connectivity index (χ4n) is 8.43. The molecule has 232 valence electrons. The van der Waals surface area contributed by atoms with Crippen molar-refractivity contribution in [2.75, 3.05) is 4.90 Å². The summed E-state index contributed by atoms with van der Waals surface area (Å²) in [5.74, 6) is 0. The average molecular weight is 652 g/mol. The molecule has 0 N–H and O–H groups in total. The van der Waals surface area contributed by atoms with Gasteiger partial charge in [0.2, 0.25) is 0 Å². The molecule has 11 rings (SSSR count). The minimum atomic E-state index is 1.13. The Bertz CT molecular complexity index is 2780. The highest BCUT2D eigenvalue weighted by Crippen LogP contribution is 2.58. The van der Waals surface area contributed by atoms with Crippen LogP contribution in [-0.4, -0.2) is 0 Å². The molecule has 2 aliphatic carbocycles. The normalized spacial score (nSPS) is 12.0. The Labute approximate surface area is 295 Å². The molecule has 0 atom stereocenters. The minimum Gasteiger partial charge on any atom is -0.310 e. The zero-order valence-electron chi connectivity index (χ0n) is 27.1. The van der Waals surface area contributed by atoms with E-state index in [2.05, 4.69) is 181 Å². The van der Waals surface area contributed by atoms with Crippen molar-refractivity contribution in [3.05, 3.63) is 176 Å². The molecule has 0 unspecified atom stereocenters. The van der Waals surface area contributed by atoms with Crippen molar-refractivity contribution in [1.29, 1.82) is 0 Å². The number of nitrogens with zero attached hydrogens (tertiary/aromatic N) is 1. The summed E-state index contributed by atoms with van der Waals surface area (Å²) in [5.41, 5.74) is 18.9. The molecule has 0 amide bonds. The Hall–Kier alpha value is -6.22. The summed E-state index contributed by atoms with van der Waals surface area (Å²) in [6, 6.07) is 65.1. The Morgan fingerprint density at radius 1 is 0.340 bits per heavy atom. The third-order valence-corrected chi connectivity index (χ3v) is 11.7. The largest absolute Gasteiger partial charge is 0.310 e. The molecule has 0 radical (unpaired) electrons. The van der Waals surface area contributed by atoms with E-state index >= 15 is 0 Å². The number of anilines is 3. The topological polar surface area (TPSA) is 3.24 Å². The second-order valence-electron chi connectivity index (χ2n) is 13.2. The van der Waals surface area contributed by atoms with Gasteiger partial charge in [0.1, 0.15) is 0 Å². The molecule has 1 aromatic heterocycles. The van der Waals surface area contributed by atoms with Crippen LogP contribution in [0.3, 0.4) is 0 Å². The summed E-state index contributed by atoms with van der Waals surface area (Å²) >= 11 is 1.87. The Kier molecular flexibility index (Phi) is 5.89. The average Bonchev–Trinajstić information content (AvgIpc) is 3.52. The molecule has 8 aromatic carbocycles. The van der Waals surface area contributed by atoms with Crippen LogP contribution >= 0.6 is 11.3 Å². The van der Waals surface area contributed by atoms with Crippen LogP contribution in [0.25, 0.3) is 86.9 Å². The monoisotopic (exact) mass is 651 g/mol. The SMILES string of the molecule is c1ccc(-c2ccc(N(c3ccc4c(c3)-c3c5cccc3-c3cccc-4c3-c3ccccc3-5)c3cccc4sc5ccccc5c34)cc2)cc1. The highest BCUT2D eigenvalue weighted by atomic mass is 32.1. The molecule has 0 fully saturated rings. The Morgan fingerprint density at radius 2 is 0.880 bits per heavy atom. The van der Waals surface area contributed by atoms with Gasteiger partial charge in [-0.15, -0.1) is 11.3 Å². The van der Waals surface area contributed by atoms with Gasteiger partial charge in [0.15, 0.2) is 0 Å². The van der Waals surface area contributed by atoms with Crippen LogP contribution in [0.5, 0.6) is 0 Å². The van der Waals surface area contributed by atoms with E-state index in [1.165, 1.54) is 92.6 Å². The maximum Gasteiger partial charge on any atom is 0.0554 e. The molecular weight excluding hydrogens is 623 g/mol. The van der Waals surface area contributed by atoms with Gasteiger partial charge in [-0.3, -0.25) is 0 Å². The fourth-order valence-corrected chi connectivity index (χ4v) is 9.56. The molecule has 2 aliphatic rings. The molecule has 9 aromatic rings. The van der Waals surface area contributed by atoms with Crippen LogP contribution in [0.4, 0.5) is 17.1 Å². The first kappa shape index (κ1) is 27.7. The molecule has 0 spiro atoms. The van der Waals surface area contributed by atoms with Crippen molar-refractivity contribution >= 4 is 48.6 Å². The number of rotatable bonds is 4. The Balaban J connectivity index is 1.19. The summed E-state index contributed by atoms with van der Waals surface area (Å²) in [5, 5.41) is 2.59. The molecule has 1 nitrogen and oxygen atoms in total. The third-order valence-electron chi connectivity index (χ3n) is 10.6. The van der Waals surface area contributed by atoms with Gasteiger partial charge in [-0.25, -0.2) is 0 Å². The van der Waals surface area contributed by atoms with Crippen LogP contribution in [0, 0.1) is 0 Å². The zero-order valence-corrected chi connectivity index (χ0v) is 27.9. The molecule has 0 aliphatic heterocycles. The predicted molar refractivity (Wildman–Crippen MR) is 214 cm³/mol. The van der Waals surface area contributed by atoms with Gasteiger partial charge < -0.3 is 4.90 Å². The van der Waals surface area contributed by atoms with Crippen molar-refractivity contribution < 1.29 is 0 Å². The first-order valence-corrected chi connectivity index (χ1v) is 18.0. The summed E-state index contributed by atoms with van der Waals surface area (Å²) in [4.78, 5) is 2.47. The number of thiophene rings is 1. The summed E-state index contributed by atoms with van der Waals surface area (Å²) in [7, 11) is 0. The summed E-state index contributed by atoms with van der Waals surface area (Å²) in [6.07, 6.45) is 0. The first-order chi connectivity index (χ1) is 24.8. The van der Waals surface area contributed by atoms with Crippen molar-refractivity contribution in [1.82, 2.24) is 0 Å². The van der Waals surface area contributed by atoms with E-state index in [0.717, 1.165) is 11.4 Å². The summed E-state index contributed by atoms with van der Waals surface area (Å²) in [6.45, 7) is 0. The van der Waals surface area contributed by atoms with E-state index in [4.69, 9.17) is 0 Å². The smallest absolute Gasteiger partial charge is 0.0554 e. The third kappa shape index (κ3) is 3.94. The molecule has 2 heteroatoms. The zero-order chi connectivity index (χ0) is 32.8. The van der Waals surface area contributed by atoms with Gasteiger partial charge in [0.05, 0.1) is 5.69 Å². The van der Waals surface area contributed by atoms with Crippen molar-refractivity contribution in [2.45, 2.75) is 0 Å². The number of hydrogen-bond donors (Lipinski definition) is 0. The van der Waals surface area contributed by atoms with Gasteiger partial charge in [0.25, 0.3) is 0 Å². The lowest BCUT2D eigenvalue weighted by Gasteiger charge is -2.28. The second kappa shape index (κ2) is 10.6. The molecular formula is C48H29NS. The predicted octanol–water partition coefficient (Wildman–Crippen LogP) is 14.2. The first-order valence-electron chi connectivity index (χ1n) is 17.2. The minimum absolute atomic E-state index is 1.13. The van der Waals surface area contributed by atoms with E-state index < -0.39 is 0 Å². The van der Waals surface area contributed by atoms with Crippen molar-refractivity contribution in [2.24, 2.45) is 0 Å². The quantitative estimate of drug-likeness (QED) is 0.183. The van der Waals surface area contributed by atoms with Crippen LogP contribution in [0.2, 0.25) is 0 Å². The number of fused-ring (bicyclic) bond motifs is 7. The number of benzene rings is 8. The van der Waals surface area contributed by atoms with Crippen LogP contribution in [0.1, 0.15) is 0 Å². The van der Waals surface area contributed by atoms with E-state index in [9.17, 15) is 0 Å². The lowest BCUT2D eigenvalue weighted by Crippen LogP contribution is -2.11. The lowest BCUT2D eigenvalue weighted by atomic mass is 9.83. The van der Waals surface area contributed by atoms with Gasteiger partial charge in [0, 0.05) is 31.5 Å². The Morgan fingerprint density at radius 3 is 1.66 bits per heavy atom. The molecule has 1 heterocycles. The van der Waals surface area contributed by atoms with Crippen molar-refractivity contribution in [3.63, 3.8) is 0 Å². The van der Waals surface area contributed by atoms with Gasteiger partial charge in [-0.2, -0.15) is 0 Å². The molecule has 6 bridgehead atoms. The molecule has 0 saturated heterocycles. The van der Waals surface area contributed by atoms with E-state index in [1.807, 2.05) is 11.3 Å². The van der Waals surface area contributed by atoms with Gasteiger partial charge in [-0.1, -0.05) is 133 Å². The van der Waals surface area contributed by atoms with Gasteiger partial charge >= 0.3 is 0 Å². The van der Waals surface area contributed by atoms with Crippen LogP contribution in [0.15, 0.2) is 176 Å². The van der Waals surface area contributed by atoms with Crippen LogP contribution in [-0.2, 0) is 0 Å². The van der Waals surface area contributed by atoms with E-state index in [1.54, 1.807) is 0 Å². The number of hydrogen-bond acceptors (Lipinski definition) is 2. The highest BCUT2D eigenvalue weighted by molar-refractivity contribution is 7.26. The second-order valence-corrected chi connectivity index (χ2v) is 14.3. The molecule has 0 saturated carbocycles. The standard InChI is InChI=1S/C48H29NS/c1-2-11-30(12-3-1)31-23-25-32(26-24-31)49(43-20-10-22-45-48(43)41-15-6-7-21-44(41)50-45)33-27-28-35-38-17-9-18-39-40-19-8-16-37(47(40)42(35)29-33)34-13-4-5-14-36(34)46(38)39/h1-29H. The van der Waals surface area contributed by atoms with Crippen molar-refractivity contribution in [3.8, 4) is 66.8 Å².